The molecule has 0 bridgehead atoms. The second-order valence-electron chi connectivity index (χ2n) is 4.51. The number of allylic oxidation sites excluding steroid dienone is 1. The molecule has 0 aliphatic carbocycles. The van der Waals surface area contributed by atoms with Gasteiger partial charge in [0.1, 0.15) is 6.07 Å². The highest BCUT2D eigenvalue weighted by Gasteiger charge is 2.12. The Hall–Kier alpha value is -2.79. The largest absolute Gasteiger partial charge is 0.503 e. The van der Waals surface area contributed by atoms with Crippen molar-refractivity contribution in [2.24, 2.45) is 5.10 Å². The van der Waals surface area contributed by atoms with Crippen LogP contribution in [-0.4, -0.2) is 23.4 Å². The lowest BCUT2D eigenvalue weighted by atomic mass is 10.2. The molecule has 2 aromatic rings. The number of phenolic OH excluding ortho intramolecular Hbond substituents is 1. The molecule has 0 aliphatic heterocycles. The molecule has 0 aliphatic rings. The number of nitrogens with one attached hydrogen (secondary N) is 1. The standard InChI is InChI=1S/C15H13BrN4O3/c1-8(2)14-19-11(6-17)15(23-14)20-18-7-9-4-10(16)13(21)12(5-9)22-3/h4-5,7,20-21H,1H2,2-3H3. The zero-order valence-corrected chi connectivity index (χ0v) is 14.0. The van der Waals surface area contributed by atoms with Crippen LogP contribution in [0.3, 0.4) is 0 Å². The first-order chi connectivity index (χ1) is 11.0. The zero-order valence-electron chi connectivity index (χ0n) is 12.4. The summed E-state index contributed by atoms with van der Waals surface area (Å²) < 4.78 is 10.9. The summed E-state index contributed by atoms with van der Waals surface area (Å²) >= 11 is 3.22. The maximum atomic E-state index is 9.75. The van der Waals surface area contributed by atoms with Crippen LogP contribution in [0.1, 0.15) is 24.1 Å². The number of oxazole rings is 1. The van der Waals surface area contributed by atoms with Crippen molar-refractivity contribution >= 4 is 33.6 Å². The van der Waals surface area contributed by atoms with Crippen LogP contribution in [0, 0.1) is 11.3 Å². The molecule has 8 heteroatoms. The lowest BCUT2D eigenvalue weighted by molar-refractivity contribution is 0.372. The summed E-state index contributed by atoms with van der Waals surface area (Å²) in [5.74, 6) is 0.716. The quantitative estimate of drug-likeness (QED) is 0.611. The maximum absolute atomic E-state index is 9.75. The number of aromatic hydroxyl groups is 1. The summed E-state index contributed by atoms with van der Waals surface area (Å²) in [5, 5.41) is 22.8. The van der Waals surface area contributed by atoms with Crippen LogP contribution in [0.4, 0.5) is 5.88 Å². The average Bonchev–Trinajstić information content (AvgIpc) is 2.94. The smallest absolute Gasteiger partial charge is 0.252 e. The van der Waals surface area contributed by atoms with Gasteiger partial charge >= 0.3 is 0 Å². The Bertz CT molecular complexity index is 821. The van der Waals surface area contributed by atoms with E-state index in [1.165, 1.54) is 13.3 Å². The van der Waals surface area contributed by atoms with Crippen molar-refractivity contribution in [1.82, 2.24) is 4.98 Å². The van der Waals surface area contributed by atoms with Gasteiger partial charge in [-0.2, -0.15) is 15.3 Å². The van der Waals surface area contributed by atoms with E-state index >= 15 is 0 Å². The number of phenols is 1. The van der Waals surface area contributed by atoms with Crippen LogP contribution in [0.5, 0.6) is 11.5 Å². The van der Waals surface area contributed by atoms with Crippen molar-refractivity contribution in [2.75, 3.05) is 12.5 Å². The molecule has 0 saturated carbocycles. The first-order valence-corrected chi connectivity index (χ1v) is 7.18. The second-order valence-corrected chi connectivity index (χ2v) is 5.37. The first kappa shape index (κ1) is 16.6. The maximum Gasteiger partial charge on any atom is 0.252 e. The number of anilines is 1. The Kier molecular flexibility index (Phi) is 5.03. The molecule has 0 amide bonds. The number of hydrogen-bond acceptors (Lipinski definition) is 7. The molecule has 118 valence electrons. The third kappa shape index (κ3) is 3.70. The molecule has 1 aromatic carbocycles. The summed E-state index contributed by atoms with van der Waals surface area (Å²) in [4.78, 5) is 3.98. The van der Waals surface area contributed by atoms with Gasteiger partial charge in [0.15, 0.2) is 11.5 Å². The number of nitriles is 1. The highest BCUT2D eigenvalue weighted by Crippen LogP contribution is 2.34. The Labute approximate surface area is 141 Å². The predicted molar refractivity (Wildman–Crippen MR) is 89.5 cm³/mol. The second kappa shape index (κ2) is 6.98. The summed E-state index contributed by atoms with van der Waals surface area (Å²) in [7, 11) is 1.45. The van der Waals surface area contributed by atoms with Gasteiger partial charge in [-0.3, -0.25) is 0 Å². The number of rotatable bonds is 5. The SMILES string of the molecule is C=C(C)c1nc(C#N)c(NN=Cc2cc(Br)c(O)c(OC)c2)o1. The van der Waals surface area contributed by atoms with E-state index in [2.05, 4.69) is 38.0 Å². The van der Waals surface area contributed by atoms with Crippen molar-refractivity contribution < 1.29 is 14.3 Å². The topological polar surface area (TPSA) is 104 Å². The molecule has 0 saturated heterocycles. The molecule has 0 fully saturated rings. The third-order valence-electron chi connectivity index (χ3n) is 2.75. The molecular weight excluding hydrogens is 364 g/mol. The number of benzene rings is 1. The monoisotopic (exact) mass is 376 g/mol. The van der Waals surface area contributed by atoms with Crippen LogP contribution in [0.15, 0.2) is 32.7 Å². The number of aromatic nitrogens is 1. The highest BCUT2D eigenvalue weighted by molar-refractivity contribution is 9.10. The fourth-order valence-corrected chi connectivity index (χ4v) is 2.10. The van der Waals surface area contributed by atoms with Gasteiger partial charge in [0, 0.05) is 5.57 Å². The van der Waals surface area contributed by atoms with Crippen molar-refractivity contribution in [3.63, 3.8) is 0 Å². The van der Waals surface area contributed by atoms with Crippen LogP contribution >= 0.6 is 15.9 Å². The van der Waals surface area contributed by atoms with Crippen LogP contribution in [0.25, 0.3) is 5.57 Å². The molecule has 0 radical (unpaired) electrons. The van der Waals surface area contributed by atoms with Crippen molar-refractivity contribution in [2.45, 2.75) is 6.92 Å². The van der Waals surface area contributed by atoms with Crippen molar-refractivity contribution in [3.8, 4) is 17.6 Å². The van der Waals surface area contributed by atoms with E-state index in [9.17, 15) is 5.11 Å². The molecule has 1 aromatic heterocycles. The fourth-order valence-electron chi connectivity index (χ4n) is 1.64. The highest BCUT2D eigenvalue weighted by atomic mass is 79.9. The van der Waals surface area contributed by atoms with Crippen molar-refractivity contribution in [1.29, 1.82) is 5.26 Å². The molecule has 0 unspecified atom stereocenters. The van der Waals surface area contributed by atoms with E-state index in [-0.39, 0.29) is 23.2 Å². The summed E-state index contributed by atoms with van der Waals surface area (Å²) in [6.07, 6.45) is 1.48. The normalized spacial score (nSPS) is 10.5. The van der Waals surface area contributed by atoms with E-state index in [0.717, 1.165) is 0 Å². The lowest BCUT2D eigenvalue weighted by Gasteiger charge is -2.06. The zero-order chi connectivity index (χ0) is 17.0. The lowest BCUT2D eigenvalue weighted by Crippen LogP contribution is -1.93. The molecule has 1 heterocycles. The van der Waals surface area contributed by atoms with Crippen LogP contribution < -0.4 is 10.2 Å². The van der Waals surface area contributed by atoms with E-state index in [4.69, 9.17) is 14.4 Å². The van der Waals surface area contributed by atoms with Gasteiger partial charge in [-0.05, 0) is 40.5 Å². The molecule has 7 nitrogen and oxygen atoms in total. The Morgan fingerprint density at radius 2 is 2.35 bits per heavy atom. The molecule has 0 atom stereocenters. The minimum atomic E-state index is 0.00529. The number of methoxy groups -OCH3 is 1. The minimum Gasteiger partial charge on any atom is -0.503 e. The Morgan fingerprint density at radius 1 is 1.61 bits per heavy atom. The van der Waals surface area contributed by atoms with Gasteiger partial charge in [0.05, 0.1) is 17.8 Å². The molecule has 2 N–H and O–H groups in total. The van der Waals surface area contributed by atoms with Gasteiger partial charge in [0.25, 0.3) is 5.88 Å². The fraction of sp³-hybridized carbons (Fsp3) is 0.133. The predicted octanol–water partition coefficient (Wildman–Crippen LogP) is 3.50. The van der Waals surface area contributed by atoms with E-state index < -0.39 is 0 Å². The Balaban J connectivity index is 2.21. The van der Waals surface area contributed by atoms with Crippen molar-refractivity contribution in [3.05, 3.63) is 40.3 Å². The number of halogens is 1. The van der Waals surface area contributed by atoms with Gasteiger partial charge in [-0.25, -0.2) is 5.43 Å². The number of hydrazone groups is 1. The molecule has 23 heavy (non-hydrogen) atoms. The summed E-state index contributed by atoms with van der Waals surface area (Å²) in [5.41, 5.74) is 3.97. The molecule has 2 rings (SSSR count). The van der Waals surface area contributed by atoms with Gasteiger partial charge in [-0.15, -0.1) is 0 Å². The van der Waals surface area contributed by atoms with E-state index in [1.807, 2.05) is 6.07 Å². The van der Waals surface area contributed by atoms with E-state index in [0.29, 0.717) is 21.4 Å². The summed E-state index contributed by atoms with van der Waals surface area (Å²) in [6, 6.07) is 5.18. The third-order valence-corrected chi connectivity index (χ3v) is 3.35. The minimum absolute atomic E-state index is 0.00529. The average molecular weight is 377 g/mol. The first-order valence-electron chi connectivity index (χ1n) is 6.38. The molecule has 0 spiro atoms. The van der Waals surface area contributed by atoms with Gasteiger partial charge in [-0.1, -0.05) is 6.58 Å². The number of hydrogen-bond donors (Lipinski definition) is 2. The van der Waals surface area contributed by atoms with E-state index in [1.54, 1.807) is 19.1 Å². The summed E-state index contributed by atoms with van der Waals surface area (Å²) in [6.45, 7) is 5.43. The number of ether oxygens (including phenoxy) is 1. The van der Waals surface area contributed by atoms with Crippen LogP contribution in [-0.2, 0) is 0 Å². The molecular formula is C15H13BrN4O3. The van der Waals surface area contributed by atoms with Crippen LogP contribution in [0.2, 0.25) is 0 Å². The number of nitrogens with zero attached hydrogens (tertiary/aromatic N) is 3. The van der Waals surface area contributed by atoms with Gasteiger partial charge in [0.2, 0.25) is 11.6 Å². The Morgan fingerprint density at radius 3 is 2.96 bits per heavy atom. The van der Waals surface area contributed by atoms with Gasteiger partial charge < -0.3 is 14.3 Å².